The zero-order valence-electron chi connectivity index (χ0n) is 13.7. The molecule has 2 aromatic carbocycles. The summed E-state index contributed by atoms with van der Waals surface area (Å²) in [5.74, 6) is 0. The first-order valence-electron chi connectivity index (χ1n) is 8.43. The molecule has 0 radical (unpaired) electrons. The maximum atomic E-state index is 13.3. The Kier molecular flexibility index (Phi) is 4.09. The SMILES string of the molecule is O=C(NCCCc1ccccc1)n1cnc2c(N3CC3F)cccc21. The fraction of sp³-hybridized carbons (Fsp3) is 0.263. The first-order valence-corrected chi connectivity index (χ1v) is 8.43. The fourth-order valence-electron chi connectivity index (χ4n) is 3.00. The molecule has 1 amide bonds. The number of carbonyl (C=O) groups excluding carboxylic acids is 1. The number of hydrogen-bond donors (Lipinski definition) is 1. The molecule has 1 aliphatic rings. The number of benzene rings is 2. The van der Waals surface area contributed by atoms with Gasteiger partial charge in [-0.2, -0.15) is 0 Å². The number of hydrogen-bond acceptors (Lipinski definition) is 3. The monoisotopic (exact) mass is 338 g/mol. The van der Waals surface area contributed by atoms with E-state index in [4.69, 9.17) is 0 Å². The molecule has 0 saturated carbocycles. The molecule has 0 aliphatic carbocycles. The number of rotatable bonds is 5. The third kappa shape index (κ3) is 3.20. The second kappa shape index (κ2) is 6.55. The van der Waals surface area contributed by atoms with E-state index in [1.807, 2.05) is 36.4 Å². The highest BCUT2D eigenvalue weighted by Crippen LogP contribution is 2.33. The lowest BCUT2D eigenvalue weighted by Gasteiger charge is -2.08. The van der Waals surface area contributed by atoms with E-state index >= 15 is 0 Å². The molecule has 6 heteroatoms. The molecule has 1 saturated heterocycles. The lowest BCUT2D eigenvalue weighted by atomic mass is 10.1. The number of aromatic nitrogens is 2. The highest BCUT2D eigenvalue weighted by atomic mass is 19.1. The van der Waals surface area contributed by atoms with Gasteiger partial charge in [-0.3, -0.25) is 4.57 Å². The maximum absolute atomic E-state index is 13.3. The maximum Gasteiger partial charge on any atom is 0.327 e. The third-order valence-corrected chi connectivity index (χ3v) is 4.40. The van der Waals surface area contributed by atoms with Crippen LogP contribution in [0.1, 0.15) is 12.0 Å². The first-order chi connectivity index (χ1) is 12.2. The molecular formula is C19H19FN4O. The van der Waals surface area contributed by atoms with E-state index < -0.39 is 6.30 Å². The van der Waals surface area contributed by atoms with Crippen molar-refractivity contribution in [3.8, 4) is 0 Å². The average molecular weight is 338 g/mol. The molecule has 1 atom stereocenters. The minimum absolute atomic E-state index is 0.213. The second-order valence-electron chi connectivity index (χ2n) is 6.17. The smallest absolute Gasteiger partial charge is 0.327 e. The standard InChI is InChI=1S/C19H19FN4O/c20-17-12-23(17)15-9-4-10-16-18(15)22-13-24(16)19(25)21-11-5-8-14-6-2-1-3-7-14/h1-4,6-7,9-10,13,17H,5,8,11-12H2,(H,21,25). The summed E-state index contributed by atoms with van der Waals surface area (Å²) in [6.07, 6.45) is 2.34. The van der Waals surface area contributed by atoms with Crippen LogP contribution in [0.2, 0.25) is 0 Å². The number of nitrogens with zero attached hydrogens (tertiary/aromatic N) is 3. The summed E-state index contributed by atoms with van der Waals surface area (Å²) >= 11 is 0. The molecule has 0 spiro atoms. The summed E-state index contributed by atoms with van der Waals surface area (Å²) in [5.41, 5.74) is 3.34. The predicted molar refractivity (Wildman–Crippen MR) is 95.5 cm³/mol. The molecule has 1 N–H and O–H groups in total. The summed E-state index contributed by atoms with van der Waals surface area (Å²) in [6, 6.07) is 15.5. The topological polar surface area (TPSA) is 49.9 Å². The van der Waals surface area contributed by atoms with Crippen LogP contribution in [-0.4, -0.2) is 35.0 Å². The quantitative estimate of drug-likeness (QED) is 0.441. The normalized spacial score (nSPS) is 16.2. The van der Waals surface area contributed by atoms with Crippen LogP contribution in [-0.2, 0) is 6.42 Å². The molecule has 2 heterocycles. The number of carbonyl (C=O) groups is 1. The van der Waals surface area contributed by atoms with Gasteiger partial charge in [0.15, 0.2) is 6.30 Å². The van der Waals surface area contributed by atoms with Crippen LogP contribution in [0.4, 0.5) is 14.9 Å². The Bertz CT molecular complexity index is 893. The van der Waals surface area contributed by atoms with Crippen molar-refractivity contribution in [1.29, 1.82) is 0 Å². The number of imidazole rings is 1. The number of fused-ring (bicyclic) bond motifs is 1. The van der Waals surface area contributed by atoms with Gasteiger partial charge in [-0.1, -0.05) is 36.4 Å². The van der Waals surface area contributed by atoms with Crippen LogP contribution in [0.15, 0.2) is 54.9 Å². The van der Waals surface area contributed by atoms with Gasteiger partial charge in [0.1, 0.15) is 11.8 Å². The van der Waals surface area contributed by atoms with Crippen LogP contribution in [0, 0.1) is 0 Å². The van der Waals surface area contributed by atoms with Crippen molar-refractivity contribution in [1.82, 2.24) is 14.9 Å². The number of para-hydroxylation sites is 1. The predicted octanol–water partition coefficient (Wildman–Crippen LogP) is 3.34. The van der Waals surface area contributed by atoms with Gasteiger partial charge in [-0.15, -0.1) is 0 Å². The Morgan fingerprint density at radius 1 is 1.20 bits per heavy atom. The van der Waals surface area contributed by atoms with Gasteiger partial charge in [0.25, 0.3) is 0 Å². The van der Waals surface area contributed by atoms with Crippen LogP contribution >= 0.6 is 0 Å². The van der Waals surface area contributed by atoms with Gasteiger partial charge >= 0.3 is 6.03 Å². The molecule has 25 heavy (non-hydrogen) atoms. The fourth-order valence-corrected chi connectivity index (χ4v) is 3.00. The van der Waals surface area contributed by atoms with E-state index in [0.29, 0.717) is 24.1 Å². The van der Waals surface area contributed by atoms with Crippen molar-refractivity contribution < 1.29 is 9.18 Å². The zero-order chi connectivity index (χ0) is 17.2. The number of amides is 1. The van der Waals surface area contributed by atoms with E-state index in [-0.39, 0.29) is 6.03 Å². The minimum atomic E-state index is -0.942. The van der Waals surface area contributed by atoms with Crippen LogP contribution in [0.25, 0.3) is 11.0 Å². The number of anilines is 1. The largest absolute Gasteiger partial charge is 0.337 e. The molecule has 1 unspecified atom stereocenters. The third-order valence-electron chi connectivity index (χ3n) is 4.40. The van der Waals surface area contributed by atoms with Crippen LogP contribution < -0.4 is 10.2 Å². The molecule has 1 aromatic heterocycles. The van der Waals surface area contributed by atoms with Crippen molar-refractivity contribution in [3.05, 3.63) is 60.4 Å². The highest BCUT2D eigenvalue weighted by molar-refractivity contribution is 5.96. The summed E-state index contributed by atoms with van der Waals surface area (Å²) in [5, 5.41) is 2.92. The van der Waals surface area contributed by atoms with Gasteiger partial charge in [0.05, 0.1) is 17.7 Å². The molecule has 0 bridgehead atoms. The van der Waals surface area contributed by atoms with Gasteiger partial charge in [0, 0.05) is 6.54 Å². The van der Waals surface area contributed by atoms with E-state index in [0.717, 1.165) is 18.5 Å². The summed E-state index contributed by atoms with van der Waals surface area (Å²) < 4.78 is 14.8. The zero-order valence-corrected chi connectivity index (χ0v) is 13.7. The van der Waals surface area contributed by atoms with E-state index in [2.05, 4.69) is 22.4 Å². The number of alkyl halides is 1. The van der Waals surface area contributed by atoms with Crippen molar-refractivity contribution >= 4 is 22.8 Å². The van der Waals surface area contributed by atoms with E-state index in [1.54, 1.807) is 4.90 Å². The number of nitrogens with one attached hydrogen (secondary N) is 1. The Hall–Kier alpha value is -2.89. The van der Waals surface area contributed by atoms with Gasteiger partial charge < -0.3 is 10.2 Å². The molecule has 1 fully saturated rings. The second-order valence-corrected chi connectivity index (χ2v) is 6.17. The van der Waals surface area contributed by atoms with Crippen molar-refractivity contribution in [2.24, 2.45) is 0 Å². The Labute approximate surface area is 145 Å². The van der Waals surface area contributed by atoms with Gasteiger partial charge in [-0.05, 0) is 30.5 Å². The Morgan fingerprint density at radius 3 is 2.76 bits per heavy atom. The summed E-state index contributed by atoms with van der Waals surface area (Å²) in [4.78, 5) is 18.3. The summed E-state index contributed by atoms with van der Waals surface area (Å²) in [6.45, 7) is 0.976. The summed E-state index contributed by atoms with van der Waals surface area (Å²) in [7, 11) is 0. The Balaban J connectivity index is 1.40. The van der Waals surface area contributed by atoms with Crippen molar-refractivity contribution in [3.63, 3.8) is 0 Å². The van der Waals surface area contributed by atoms with Crippen molar-refractivity contribution in [2.75, 3.05) is 18.0 Å². The molecule has 5 nitrogen and oxygen atoms in total. The van der Waals surface area contributed by atoms with E-state index in [9.17, 15) is 9.18 Å². The first kappa shape index (κ1) is 15.6. The Morgan fingerprint density at radius 2 is 2.00 bits per heavy atom. The average Bonchev–Trinajstić information content (AvgIpc) is 3.20. The van der Waals surface area contributed by atoms with Crippen LogP contribution in [0.3, 0.4) is 0 Å². The lowest BCUT2D eigenvalue weighted by Crippen LogP contribution is -2.29. The molecule has 3 aromatic rings. The van der Waals surface area contributed by atoms with Gasteiger partial charge in [0.2, 0.25) is 0 Å². The number of halogens is 1. The van der Waals surface area contributed by atoms with Crippen LogP contribution in [0.5, 0.6) is 0 Å². The highest BCUT2D eigenvalue weighted by Gasteiger charge is 2.35. The molecule has 1 aliphatic heterocycles. The van der Waals surface area contributed by atoms with Crippen molar-refractivity contribution in [2.45, 2.75) is 19.1 Å². The lowest BCUT2D eigenvalue weighted by molar-refractivity contribution is 0.243. The minimum Gasteiger partial charge on any atom is -0.337 e. The molecule has 4 rings (SSSR count). The molecular weight excluding hydrogens is 319 g/mol. The molecule has 128 valence electrons. The number of aryl methyl sites for hydroxylation is 1. The van der Waals surface area contributed by atoms with E-state index in [1.165, 1.54) is 16.5 Å². The van der Waals surface area contributed by atoms with Gasteiger partial charge in [-0.25, -0.2) is 14.2 Å².